The van der Waals surface area contributed by atoms with E-state index >= 15 is 0 Å². The van der Waals surface area contributed by atoms with Gasteiger partial charge in [0.05, 0.1) is 6.54 Å². The highest BCUT2D eigenvalue weighted by molar-refractivity contribution is 5.95. The number of ether oxygens (including phenoxy) is 1. The topological polar surface area (TPSA) is 96.5 Å². The van der Waals surface area contributed by atoms with Crippen LogP contribution in [0.15, 0.2) is 48.5 Å². The van der Waals surface area contributed by atoms with Crippen LogP contribution in [-0.4, -0.2) is 30.5 Å². The van der Waals surface area contributed by atoms with Crippen LogP contribution in [0.2, 0.25) is 0 Å². The second kappa shape index (κ2) is 10.0. The normalized spacial score (nSPS) is 11.2. The van der Waals surface area contributed by atoms with Crippen molar-refractivity contribution in [2.75, 3.05) is 11.9 Å². The molecule has 0 aliphatic carbocycles. The van der Waals surface area contributed by atoms with Crippen LogP contribution in [-0.2, 0) is 20.9 Å². The summed E-state index contributed by atoms with van der Waals surface area (Å²) in [5.74, 6) is -3.39. The molecule has 0 saturated heterocycles. The highest BCUT2D eigenvalue weighted by Gasteiger charge is 2.17. The molecule has 0 bridgehead atoms. The number of hydrogen-bond donors (Lipinski definition) is 3. The van der Waals surface area contributed by atoms with Gasteiger partial charge in [0.1, 0.15) is 12.6 Å². The summed E-state index contributed by atoms with van der Waals surface area (Å²) in [4.78, 5) is 35.4. The third-order valence-corrected chi connectivity index (χ3v) is 3.57. The predicted molar refractivity (Wildman–Crippen MR) is 97.2 cm³/mol. The van der Waals surface area contributed by atoms with E-state index in [0.717, 1.165) is 17.7 Å². The van der Waals surface area contributed by atoms with Crippen molar-refractivity contribution in [2.45, 2.75) is 19.6 Å². The number of carbonyl (C=O) groups is 3. The maximum Gasteiger partial charge on any atom is 0.408 e. The Morgan fingerprint density at radius 1 is 1.04 bits per heavy atom. The standard InChI is InChI=1S/C19H19F2N3O4/c1-12(23-19(27)28-11-13-5-3-2-4-6-13)18(26)22-10-17(25)24-14-7-8-15(20)16(21)9-14/h2-9,12H,10-11H2,1H3,(H,22,26)(H,23,27)(H,24,25)/t12-/m1/s1. The number of amides is 3. The molecule has 28 heavy (non-hydrogen) atoms. The van der Waals surface area contributed by atoms with Gasteiger partial charge >= 0.3 is 6.09 Å². The van der Waals surface area contributed by atoms with Crippen LogP contribution < -0.4 is 16.0 Å². The number of halogens is 2. The summed E-state index contributed by atoms with van der Waals surface area (Å²) < 4.78 is 30.9. The lowest BCUT2D eigenvalue weighted by Gasteiger charge is -2.14. The van der Waals surface area contributed by atoms with Crippen LogP contribution in [0.1, 0.15) is 12.5 Å². The molecular weight excluding hydrogens is 372 g/mol. The minimum absolute atomic E-state index is 0.0498. The van der Waals surface area contributed by atoms with Crippen molar-refractivity contribution in [1.82, 2.24) is 10.6 Å². The van der Waals surface area contributed by atoms with Crippen molar-refractivity contribution in [2.24, 2.45) is 0 Å². The van der Waals surface area contributed by atoms with Crippen molar-refractivity contribution in [1.29, 1.82) is 0 Å². The molecule has 148 valence electrons. The van der Waals surface area contributed by atoms with E-state index < -0.39 is 42.1 Å². The molecule has 0 radical (unpaired) electrons. The number of hydrogen-bond acceptors (Lipinski definition) is 4. The van der Waals surface area contributed by atoms with E-state index in [-0.39, 0.29) is 12.3 Å². The van der Waals surface area contributed by atoms with E-state index in [2.05, 4.69) is 16.0 Å². The summed E-state index contributed by atoms with van der Waals surface area (Å²) in [5, 5.41) is 6.97. The molecule has 0 unspecified atom stereocenters. The van der Waals surface area contributed by atoms with Gasteiger partial charge in [-0.1, -0.05) is 30.3 Å². The SMILES string of the molecule is C[C@@H](NC(=O)OCc1ccccc1)C(=O)NCC(=O)Nc1ccc(F)c(F)c1. The van der Waals surface area contributed by atoms with Gasteiger partial charge in [-0.25, -0.2) is 13.6 Å². The van der Waals surface area contributed by atoms with Crippen molar-refractivity contribution < 1.29 is 27.9 Å². The van der Waals surface area contributed by atoms with Gasteiger partial charge in [0.2, 0.25) is 11.8 Å². The van der Waals surface area contributed by atoms with Crippen LogP contribution in [0.4, 0.5) is 19.3 Å². The first-order valence-corrected chi connectivity index (χ1v) is 8.35. The molecule has 0 saturated carbocycles. The number of alkyl carbamates (subject to hydrolysis) is 1. The smallest absolute Gasteiger partial charge is 0.408 e. The quantitative estimate of drug-likeness (QED) is 0.675. The Bertz CT molecular complexity index is 846. The molecule has 7 nitrogen and oxygen atoms in total. The highest BCUT2D eigenvalue weighted by atomic mass is 19.2. The lowest BCUT2D eigenvalue weighted by Crippen LogP contribution is -2.46. The average Bonchev–Trinajstić information content (AvgIpc) is 2.68. The van der Waals surface area contributed by atoms with Crippen LogP contribution in [0, 0.1) is 11.6 Å². The van der Waals surface area contributed by atoms with Gasteiger partial charge in [-0.15, -0.1) is 0 Å². The second-order valence-corrected chi connectivity index (χ2v) is 5.82. The maximum absolute atomic E-state index is 13.1. The fraction of sp³-hybridized carbons (Fsp3) is 0.211. The maximum atomic E-state index is 13.1. The molecule has 2 rings (SSSR count). The summed E-state index contributed by atoms with van der Waals surface area (Å²) in [7, 11) is 0. The number of anilines is 1. The van der Waals surface area contributed by atoms with Gasteiger partial charge < -0.3 is 20.7 Å². The fourth-order valence-corrected chi connectivity index (χ4v) is 2.11. The van der Waals surface area contributed by atoms with E-state index in [1.807, 2.05) is 6.07 Å². The Hall–Kier alpha value is -3.49. The molecule has 0 spiro atoms. The van der Waals surface area contributed by atoms with E-state index in [9.17, 15) is 23.2 Å². The first kappa shape index (κ1) is 20.8. The zero-order valence-electron chi connectivity index (χ0n) is 15.0. The summed E-state index contributed by atoms with van der Waals surface area (Å²) in [6, 6.07) is 10.9. The lowest BCUT2D eigenvalue weighted by atomic mass is 10.2. The Morgan fingerprint density at radius 2 is 1.75 bits per heavy atom. The summed E-state index contributed by atoms with van der Waals surface area (Å²) in [6.45, 7) is 1.06. The van der Waals surface area contributed by atoms with E-state index in [1.165, 1.54) is 13.0 Å². The van der Waals surface area contributed by atoms with E-state index in [0.29, 0.717) is 0 Å². The average molecular weight is 391 g/mol. The van der Waals surface area contributed by atoms with Gasteiger partial charge in [0.25, 0.3) is 0 Å². The molecule has 0 aliphatic rings. The second-order valence-electron chi connectivity index (χ2n) is 5.82. The van der Waals surface area contributed by atoms with Gasteiger partial charge in [-0.05, 0) is 24.6 Å². The van der Waals surface area contributed by atoms with Gasteiger partial charge in [0, 0.05) is 11.8 Å². The number of rotatable bonds is 7. The van der Waals surface area contributed by atoms with Crippen molar-refractivity contribution in [3.63, 3.8) is 0 Å². The summed E-state index contributed by atoms with van der Waals surface area (Å²) in [5.41, 5.74) is 0.845. The van der Waals surface area contributed by atoms with Crippen molar-refractivity contribution in [3.05, 3.63) is 65.7 Å². The Labute approximate surface area is 160 Å². The van der Waals surface area contributed by atoms with Crippen molar-refractivity contribution >= 4 is 23.6 Å². The zero-order chi connectivity index (χ0) is 20.5. The van der Waals surface area contributed by atoms with Crippen LogP contribution in [0.5, 0.6) is 0 Å². The third kappa shape index (κ3) is 6.67. The molecule has 0 aromatic heterocycles. The van der Waals surface area contributed by atoms with Crippen LogP contribution >= 0.6 is 0 Å². The third-order valence-electron chi connectivity index (χ3n) is 3.57. The Balaban J connectivity index is 1.71. The minimum Gasteiger partial charge on any atom is -0.445 e. The molecule has 9 heteroatoms. The molecule has 3 N–H and O–H groups in total. The van der Waals surface area contributed by atoms with Crippen molar-refractivity contribution in [3.8, 4) is 0 Å². The van der Waals surface area contributed by atoms with E-state index in [1.54, 1.807) is 24.3 Å². The first-order valence-electron chi connectivity index (χ1n) is 8.35. The largest absolute Gasteiger partial charge is 0.445 e. The molecule has 3 amide bonds. The Kier molecular flexibility index (Phi) is 7.44. The molecular formula is C19H19F2N3O4. The molecule has 1 atom stereocenters. The monoisotopic (exact) mass is 391 g/mol. The molecule has 2 aromatic rings. The lowest BCUT2D eigenvalue weighted by molar-refractivity contribution is -0.125. The van der Waals surface area contributed by atoms with Crippen LogP contribution in [0.3, 0.4) is 0 Å². The summed E-state index contributed by atoms with van der Waals surface area (Å²) in [6.07, 6.45) is -0.780. The number of nitrogens with one attached hydrogen (secondary N) is 3. The number of benzene rings is 2. The number of carbonyl (C=O) groups excluding carboxylic acids is 3. The predicted octanol–water partition coefficient (Wildman–Crippen LogP) is 2.33. The fourth-order valence-electron chi connectivity index (χ4n) is 2.11. The molecule has 0 aliphatic heterocycles. The van der Waals surface area contributed by atoms with Crippen LogP contribution in [0.25, 0.3) is 0 Å². The van der Waals surface area contributed by atoms with Gasteiger partial charge in [-0.2, -0.15) is 0 Å². The summed E-state index contributed by atoms with van der Waals surface area (Å²) >= 11 is 0. The highest BCUT2D eigenvalue weighted by Crippen LogP contribution is 2.12. The van der Waals surface area contributed by atoms with Gasteiger partial charge in [-0.3, -0.25) is 9.59 Å². The molecule has 2 aromatic carbocycles. The zero-order valence-corrected chi connectivity index (χ0v) is 15.0. The first-order chi connectivity index (χ1) is 13.3. The van der Waals surface area contributed by atoms with E-state index in [4.69, 9.17) is 4.74 Å². The molecule has 0 heterocycles. The Morgan fingerprint density at radius 3 is 2.43 bits per heavy atom. The van der Waals surface area contributed by atoms with Gasteiger partial charge in [0.15, 0.2) is 11.6 Å². The molecule has 0 fully saturated rings. The minimum atomic E-state index is -1.10.